The quantitative estimate of drug-likeness (QED) is 0.887. The van der Waals surface area contributed by atoms with Gasteiger partial charge in [-0.25, -0.2) is 13.2 Å². The topological polar surface area (TPSA) is 113 Å². The second-order valence-corrected chi connectivity index (χ2v) is 6.62. The average Bonchev–Trinajstić information content (AvgIpc) is 2.47. The number of hydrogen-bond acceptors (Lipinski definition) is 5. The third kappa shape index (κ3) is 3.51. The second kappa shape index (κ2) is 6.11. The molecular formula is C13H15N3O4S. The van der Waals surface area contributed by atoms with E-state index < -0.39 is 16.1 Å². The Bertz CT molecular complexity index is 673. The molecule has 1 aliphatic rings. The van der Waals surface area contributed by atoms with E-state index in [9.17, 15) is 13.2 Å². The predicted molar refractivity (Wildman–Crippen MR) is 73.6 cm³/mol. The fraction of sp³-hybridized carbons (Fsp3) is 0.385. The van der Waals surface area contributed by atoms with Gasteiger partial charge in [0.2, 0.25) is 10.0 Å². The molecule has 1 aromatic carbocycles. The molecule has 2 rings (SSSR count). The van der Waals surface area contributed by atoms with Gasteiger partial charge in [0, 0.05) is 13.1 Å². The molecule has 0 saturated carbocycles. The maximum atomic E-state index is 12.5. The highest BCUT2D eigenvalue weighted by atomic mass is 32.2. The van der Waals surface area contributed by atoms with Crippen molar-refractivity contribution >= 4 is 16.1 Å². The van der Waals surface area contributed by atoms with E-state index in [0.717, 1.165) is 0 Å². The van der Waals surface area contributed by atoms with Crippen molar-refractivity contribution in [1.29, 1.82) is 5.26 Å². The molecule has 0 aliphatic carbocycles. The number of nitriles is 1. The van der Waals surface area contributed by atoms with Crippen LogP contribution in [0.1, 0.15) is 18.4 Å². The van der Waals surface area contributed by atoms with E-state index in [2.05, 4.69) is 0 Å². The lowest BCUT2D eigenvalue weighted by atomic mass is 10.1. The van der Waals surface area contributed by atoms with Crippen molar-refractivity contribution in [3.63, 3.8) is 0 Å². The number of nitrogens with zero attached hydrogens (tertiary/aromatic N) is 2. The molecule has 112 valence electrons. The van der Waals surface area contributed by atoms with Gasteiger partial charge in [0.05, 0.1) is 16.5 Å². The molecule has 1 heterocycles. The Hall–Kier alpha value is -2.11. The Kier molecular flexibility index (Phi) is 4.45. The maximum absolute atomic E-state index is 12.5. The lowest BCUT2D eigenvalue weighted by Crippen LogP contribution is -2.41. The van der Waals surface area contributed by atoms with Crippen LogP contribution in [0.4, 0.5) is 4.79 Å². The number of carbonyl (C=O) groups excluding carboxylic acids is 1. The summed E-state index contributed by atoms with van der Waals surface area (Å²) in [5.74, 6) is 0. The van der Waals surface area contributed by atoms with Crippen LogP contribution >= 0.6 is 0 Å². The summed E-state index contributed by atoms with van der Waals surface area (Å²) in [5, 5.41) is 8.84. The summed E-state index contributed by atoms with van der Waals surface area (Å²) >= 11 is 0. The molecule has 1 aromatic rings. The van der Waals surface area contributed by atoms with Crippen molar-refractivity contribution in [2.24, 2.45) is 5.73 Å². The lowest BCUT2D eigenvalue weighted by Gasteiger charge is -2.30. The van der Waals surface area contributed by atoms with E-state index in [-0.39, 0.29) is 24.1 Å². The van der Waals surface area contributed by atoms with Crippen molar-refractivity contribution < 1.29 is 17.9 Å². The Morgan fingerprint density at radius 2 is 2.05 bits per heavy atom. The van der Waals surface area contributed by atoms with Crippen molar-refractivity contribution in [3.05, 3.63) is 29.8 Å². The van der Waals surface area contributed by atoms with E-state index in [0.29, 0.717) is 18.4 Å². The van der Waals surface area contributed by atoms with Crippen LogP contribution in [0.2, 0.25) is 0 Å². The fourth-order valence-corrected chi connectivity index (χ4v) is 3.75. The number of carbonyl (C=O) groups is 1. The highest BCUT2D eigenvalue weighted by Crippen LogP contribution is 2.22. The van der Waals surface area contributed by atoms with Gasteiger partial charge >= 0.3 is 6.09 Å². The molecule has 1 fully saturated rings. The van der Waals surface area contributed by atoms with Gasteiger partial charge in [0.25, 0.3) is 0 Å². The van der Waals surface area contributed by atoms with Crippen LogP contribution in [0, 0.1) is 11.3 Å². The summed E-state index contributed by atoms with van der Waals surface area (Å²) in [6.45, 7) is 0.494. The van der Waals surface area contributed by atoms with Crippen LogP contribution in [0.3, 0.4) is 0 Å². The number of benzene rings is 1. The molecule has 1 saturated heterocycles. The highest BCUT2D eigenvalue weighted by Gasteiger charge is 2.30. The molecule has 0 radical (unpaired) electrons. The zero-order valence-corrected chi connectivity index (χ0v) is 12.0. The first-order valence-electron chi connectivity index (χ1n) is 6.40. The van der Waals surface area contributed by atoms with E-state index in [4.69, 9.17) is 15.7 Å². The summed E-state index contributed by atoms with van der Waals surface area (Å²) in [7, 11) is -3.64. The Morgan fingerprint density at radius 3 is 2.62 bits per heavy atom. The number of hydrogen-bond donors (Lipinski definition) is 1. The molecule has 0 unspecified atom stereocenters. The van der Waals surface area contributed by atoms with Crippen molar-refractivity contribution in [3.8, 4) is 6.07 Å². The van der Waals surface area contributed by atoms with E-state index in [1.165, 1.54) is 22.5 Å². The SMILES string of the molecule is N#Cc1cccc(S(=O)(=O)N2CCC(OC(N)=O)CC2)c1. The summed E-state index contributed by atoms with van der Waals surface area (Å²) in [5.41, 5.74) is 5.24. The Labute approximate surface area is 123 Å². The van der Waals surface area contributed by atoms with E-state index >= 15 is 0 Å². The summed E-state index contributed by atoms with van der Waals surface area (Å²) in [6.07, 6.45) is -0.391. The van der Waals surface area contributed by atoms with Crippen molar-refractivity contribution in [2.45, 2.75) is 23.8 Å². The Morgan fingerprint density at radius 1 is 1.38 bits per heavy atom. The van der Waals surface area contributed by atoms with Crippen LogP contribution in [-0.2, 0) is 14.8 Å². The van der Waals surface area contributed by atoms with E-state index in [1.807, 2.05) is 6.07 Å². The lowest BCUT2D eigenvalue weighted by molar-refractivity contribution is 0.0741. The maximum Gasteiger partial charge on any atom is 0.404 e. The summed E-state index contributed by atoms with van der Waals surface area (Å²) < 4.78 is 31.1. The molecule has 8 heteroatoms. The smallest absolute Gasteiger partial charge is 0.404 e. The minimum atomic E-state index is -3.64. The molecule has 21 heavy (non-hydrogen) atoms. The van der Waals surface area contributed by atoms with Gasteiger partial charge < -0.3 is 10.5 Å². The first kappa shape index (κ1) is 15.3. The molecule has 1 amide bonds. The van der Waals surface area contributed by atoms with Crippen LogP contribution < -0.4 is 5.73 Å². The average molecular weight is 309 g/mol. The van der Waals surface area contributed by atoms with Gasteiger partial charge in [-0.15, -0.1) is 0 Å². The van der Waals surface area contributed by atoms with Crippen LogP contribution in [0.25, 0.3) is 0 Å². The zero-order valence-electron chi connectivity index (χ0n) is 11.2. The fourth-order valence-electron chi connectivity index (χ4n) is 2.23. The minimum absolute atomic E-state index is 0.0934. The summed E-state index contributed by atoms with van der Waals surface area (Å²) in [6, 6.07) is 7.81. The van der Waals surface area contributed by atoms with Crippen molar-refractivity contribution in [1.82, 2.24) is 4.31 Å². The third-order valence-electron chi connectivity index (χ3n) is 3.28. The zero-order chi connectivity index (χ0) is 15.5. The minimum Gasteiger partial charge on any atom is -0.446 e. The molecule has 1 aliphatic heterocycles. The molecule has 0 bridgehead atoms. The van der Waals surface area contributed by atoms with Gasteiger partial charge in [-0.1, -0.05) is 6.07 Å². The van der Waals surface area contributed by atoms with Gasteiger partial charge in [-0.05, 0) is 31.0 Å². The second-order valence-electron chi connectivity index (χ2n) is 4.68. The van der Waals surface area contributed by atoms with Crippen LogP contribution in [-0.4, -0.2) is 38.0 Å². The predicted octanol–water partition coefficient (Wildman–Crippen LogP) is 0.807. The van der Waals surface area contributed by atoms with Crippen LogP contribution in [0.5, 0.6) is 0 Å². The Balaban J connectivity index is 2.11. The number of sulfonamides is 1. The first-order valence-corrected chi connectivity index (χ1v) is 7.84. The highest BCUT2D eigenvalue weighted by molar-refractivity contribution is 7.89. The summed E-state index contributed by atoms with van der Waals surface area (Å²) in [4.78, 5) is 10.8. The molecule has 0 spiro atoms. The first-order chi connectivity index (χ1) is 9.93. The largest absolute Gasteiger partial charge is 0.446 e. The van der Waals surface area contributed by atoms with Crippen molar-refractivity contribution in [2.75, 3.05) is 13.1 Å². The molecule has 0 atom stereocenters. The van der Waals surface area contributed by atoms with E-state index in [1.54, 1.807) is 6.07 Å². The standard InChI is InChI=1S/C13H15N3O4S/c14-9-10-2-1-3-12(8-10)21(18,19)16-6-4-11(5-7-16)20-13(15)17/h1-3,8,11H,4-7H2,(H2,15,17). The number of nitrogens with two attached hydrogens (primary N) is 1. The number of amides is 1. The number of primary amides is 1. The number of piperidine rings is 1. The monoisotopic (exact) mass is 309 g/mol. The molecule has 7 nitrogen and oxygen atoms in total. The number of rotatable bonds is 3. The van der Waals surface area contributed by atoms with Gasteiger partial charge in [-0.2, -0.15) is 9.57 Å². The molecule has 0 aromatic heterocycles. The van der Waals surface area contributed by atoms with Gasteiger partial charge in [-0.3, -0.25) is 0 Å². The van der Waals surface area contributed by atoms with Gasteiger partial charge in [0.1, 0.15) is 6.10 Å². The normalized spacial score (nSPS) is 17.1. The van der Waals surface area contributed by atoms with Gasteiger partial charge in [0.15, 0.2) is 0 Å². The molecule has 2 N–H and O–H groups in total. The third-order valence-corrected chi connectivity index (χ3v) is 5.18. The molecular weight excluding hydrogens is 294 g/mol. The number of ether oxygens (including phenoxy) is 1. The van der Waals surface area contributed by atoms with Crippen LogP contribution in [0.15, 0.2) is 29.2 Å².